The van der Waals surface area contributed by atoms with E-state index < -0.39 is 0 Å². The number of rotatable bonds is 2. The molecule has 2 aromatic heterocycles. The molecule has 96 valence electrons. The highest BCUT2D eigenvalue weighted by atomic mass is 35.5. The first-order valence-corrected chi connectivity index (χ1v) is 7.01. The van der Waals surface area contributed by atoms with Crippen molar-refractivity contribution in [2.24, 2.45) is 0 Å². The number of aryl methyl sites for hydroxylation is 1. The van der Waals surface area contributed by atoms with Crippen LogP contribution >= 0.6 is 22.9 Å². The fraction of sp³-hybridized carbons (Fsp3) is 0.143. The van der Waals surface area contributed by atoms with Gasteiger partial charge in [-0.2, -0.15) is 0 Å². The molecule has 0 aliphatic carbocycles. The van der Waals surface area contributed by atoms with Gasteiger partial charge in [0.2, 0.25) is 0 Å². The van der Waals surface area contributed by atoms with E-state index in [2.05, 4.69) is 4.98 Å². The molecule has 0 saturated carbocycles. The third-order valence-electron chi connectivity index (χ3n) is 3.03. The average molecular weight is 291 g/mol. The van der Waals surface area contributed by atoms with Crippen molar-refractivity contribution in [3.63, 3.8) is 0 Å². The summed E-state index contributed by atoms with van der Waals surface area (Å²) in [7, 11) is 0. The van der Waals surface area contributed by atoms with Crippen LogP contribution < -0.4 is 0 Å². The second-order valence-electron chi connectivity index (χ2n) is 4.33. The molecule has 1 aromatic carbocycles. The van der Waals surface area contributed by atoms with Crippen molar-refractivity contribution in [1.29, 1.82) is 0 Å². The number of nitrogens with zero attached hydrogens (tertiary/aromatic N) is 2. The first kappa shape index (κ1) is 12.4. The highest BCUT2D eigenvalue weighted by Crippen LogP contribution is 2.30. The van der Waals surface area contributed by atoms with E-state index in [-0.39, 0.29) is 5.78 Å². The topological polar surface area (TPSA) is 34.4 Å². The molecule has 0 aliphatic heterocycles. The molecule has 0 radical (unpaired) electrons. The van der Waals surface area contributed by atoms with Crippen molar-refractivity contribution >= 4 is 33.7 Å². The van der Waals surface area contributed by atoms with Crippen molar-refractivity contribution < 1.29 is 4.79 Å². The maximum absolute atomic E-state index is 11.5. The predicted molar refractivity (Wildman–Crippen MR) is 78.3 cm³/mol. The number of carbonyl (C=O) groups excluding carboxylic acids is 1. The highest BCUT2D eigenvalue weighted by molar-refractivity contribution is 7.19. The van der Waals surface area contributed by atoms with E-state index in [0.29, 0.717) is 5.02 Å². The summed E-state index contributed by atoms with van der Waals surface area (Å²) in [5, 5.41) is 0.678. The number of aromatic nitrogens is 2. The smallest absolute Gasteiger partial charge is 0.195 e. The van der Waals surface area contributed by atoms with Crippen LogP contribution in [0.3, 0.4) is 0 Å². The van der Waals surface area contributed by atoms with Crippen LogP contribution in [0.15, 0.2) is 30.5 Å². The molecule has 0 bridgehead atoms. The second-order valence-corrected chi connectivity index (χ2v) is 5.72. The zero-order chi connectivity index (χ0) is 13.6. The Morgan fingerprint density at radius 2 is 2.11 bits per heavy atom. The summed E-state index contributed by atoms with van der Waals surface area (Å²) in [5.41, 5.74) is 2.66. The van der Waals surface area contributed by atoms with Gasteiger partial charge in [-0.1, -0.05) is 41.1 Å². The van der Waals surface area contributed by atoms with Gasteiger partial charge in [0.15, 0.2) is 10.7 Å². The Kier molecular flexibility index (Phi) is 2.92. The van der Waals surface area contributed by atoms with Crippen LogP contribution in [-0.2, 0) is 0 Å². The van der Waals surface area contributed by atoms with Crippen LogP contribution in [-0.4, -0.2) is 15.2 Å². The lowest BCUT2D eigenvalue weighted by molar-refractivity contribution is 0.102. The summed E-state index contributed by atoms with van der Waals surface area (Å²) in [6.07, 6.45) is 1.93. The zero-order valence-electron chi connectivity index (χ0n) is 10.5. The fourth-order valence-electron chi connectivity index (χ4n) is 2.08. The SMILES string of the molecule is CC(=O)c1sc2nc(-c3ccccc3Cl)cn2c1C. The molecule has 3 nitrogen and oxygen atoms in total. The number of halogens is 1. The van der Waals surface area contributed by atoms with Gasteiger partial charge in [0.05, 0.1) is 15.6 Å². The van der Waals surface area contributed by atoms with Crippen LogP contribution in [0, 0.1) is 6.92 Å². The van der Waals surface area contributed by atoms with Gasteiger partial charge >= 0.3 is 0 Å². The van der Waals surface area contributed by atoms with E-state index in [0.717, 1.165) is 26.8 Å². The van der Waals surface area contributed by atoms with Crippen LogP contribution in [0.1, 0.15) is 22.3 Å². The molecule has 19 heavy (non-hydrogen) atoms. The number of Topliss-reactive ketones (excluding diaryl/α,β-unsaturated/α-hetero) is 1. The Balaban J connectivity index is 2.19. The Hall–Kier alpha value is -1.65. The highest BCUT2D eigenvalue weighted by Gasteiger charge is 2.15. The summed E-state index contributed by atoms with van der Waals surface area (Å²) < 4.78 is 1.94. The number of imidazole rings is 1. The number of benzene rings is 1. The summed E-state index contributed by atoms with van der Waals surface area (Å²) in [6, 6.07) is 7.61. The van der Waals surface area contributed by atoms with E-state index >= 15 is 0 Å². The molecular weight excluding hydrogens is 280 g/mol. The molecule has 0 fully saturated rings. The van der Waals surface area contributed by atoms with Gasteiger partial charge < -0.3 is 0 Å². The van der Waals surface area contributed by atoms with E-state index in [1.54, 1.807) is 6.92 Å². The van der Waals surface area contributed by atoms with Gasteiger partial charge in [-0.3, -0.25) is 9.20 Å². The normalized spacial score (nSPS) is 11.1. The first-order chi connectivity index (χ1) is 9.08. The van der Waals surface area contributed by atoms with Crippen LogP contribution in [0.25, 0.3) is 16.2 Å². The minimum absolute atomic E-state index is 0.0762. The number of thiazole rings is 1. The standard InChI is InChI=1S/C14H11ClN2OS/c1-8-13(9(2)18)19-14-16-12(7-17(8)14)10-5-3-4-6-11(10)15/h3-7H,1-2H3. The molecular formula is C14H11ClN2OS. The fourth-order valence-corrected chi connectivity index (χ4v) is 3.31. The number of carbonyl (C=O) groups is 1. The van der Waals surface area contributed by atoms with Gasteiger partial charge in [0.1, 0.15) is 0 Å². The predicted octanol–water partition coefficient (Wildman–Crippen LogP) is 4.23. The van der Waals surface area contributed by atoms with Crippen LogP contribution in [0.4, 0.5) is 0 Å². The van der Waals surface area contributed by atoms with Crippen molar-refractivity contribution in [3.05, 3.63) is 46.1 Å². The molecule has 2 heterocycles. The molecule has 0 N–H and O–H groups in total. The summed E-state index contributed by atoms with van der Waals surface area (Å²) >= 11 is 7.59. The second kappa shape index (κ2) is 4.47. The van der Waals surface area contributed by atoms with Crippen molar-refractivity contribution in [2.45, 2.75) is 13.8 Å². The molecule has 0 spiro atoms. The zero-order valence-corrected chi connectivity index (χ0v) is 12.0. The largest absolute Gasteiger partial charge is 0.294 e. The number of ketones is 1. The van der Waals surface area contributed by atoms with Gasteiger partial charge in [0.25, 0.3) is 0 Å². The lowest BCUT2D eigenvalue weighted by atomic mass is 10.2. The minimum Gasteiger partial charge on any atom is -0.294 e. The van der Waals surface area contributed by atoms with Gasteiger partial charge in [-0.25, -0.2) is 4.98 Å². The molecule has 0 atom stereocenters. The maximum Gasteiger partial charge on any atom is 0.195 e. The maximum atomic E-state index is 11.5. The molecule has 0 saturated heterocycles. The average Bonchev–Trinajstić information content (AvgIpc) is 2.90. The monoisotopic (exact) mass is 290 g/mol. The summed E-state index contributed by atoms with van der Waals surface area (Å²) in [4.78, 5) is 17.6. The Morgan fingerprint density at radius 3 is 2.74 bits per heavy atom. The summed E-state index contributed by atoms with van der Waals surface area (Å²) in [6.45, 7) is 3.51. The van der Waals surface area contributed by atoms with E-state index in [9.17, 15) is 4.79 Å². The Morgan fingerprint density at radius 1 is 1.37 bits per heavy atom. The first-order valence-electron chi connectivity index (χ1n) is 5.82. The molecule has 0 aliphatic rings. The third kappa shape index (κ3) is 1.97. The molecule has 3 aromatic rings. The van der Waals surface area contributed by atoms with Crippen molar-refractivity contribution in [2.75, 3.05) is 0 Å². The van der Waals surface area contributed by atoms with Gasteiger partial charge in [-0.15, -0.1) is 0 Å². The molecule has 5 heteroatoms. The Bertz CT molecular complexity index is 788. The van der Waals surface area contributed by atoms with Gasteiger partial charge in [0, 0.05) is 24.4 Å². The van der Waals surface area contributed by atoms with Gasteiger partial charge in [-0.05, 0) is 13.0 Å². The minimum atomic E-state index is 0.0762. The Labute approximate surface area is 119 Å². The molecule has 3 rings (SSSR count). The number of fused-ring (bicyclic) bond motifs is 1. The molecule has 0 unspecified atom stereocenters. The quantitative estimate of drug-likeness (QED) is 0.662. The van der Waals surface area contributed by atoms with Crippen LogP contribution in [0.2, 0.25) is 5.02 Å². The third-order valence-corrected chi connectivity index (χ3v) is 4.61. The van der Waals surface area contributed by atoms with Crippen molar-refractivity contribution in [3.8, 4) is 11.3 Å². The van der Waals surface area contributed by atoms with Crippen LogP contribution in [0.5, 0.6) is 0 Å². The lowest BCUT2D eigenvalue weighted by Crippen LogP contribution is -1.92. The van der Waals surface area contributed by atoms with E-state index in [1.165, 1.54) is 11.3 Å². The summed E-state index contributed by atoms with van der Waals surface area (Å²) in [5.74, 6) is 0.0762. The van der Waals surface area contributed by atoms with E-state index in [1.807, 2.05) is 41.8 Å². The number of hydrogen-bond donors (Lipinski definition) is 0. The molecule has 0 amide bonds. The lowest BCUT2D eigenvalue weighted by Gasteiger charge is -1.98. The van der Waals surface area contributed by atoms with Crippen molar-refractivity contribution in [1.82, 2.24) is 9.38 Å². The van der Waals surface area contributed by atoms with E-state index in [4.69, 9.17) is 11.6 Å². The number of hydrogen-bond acceptors (Lipinski definition) is 3.